The highest BCUT2D eigenvalue weighted by Crippen LogP contribution is 2.31. The Morgan fingerprint density at radius 2 is 2.05 bits per heavy atom. The van der Waals surface area contributed by atoms with Gasteiger partial charge in [-0.2, -0.15) is 0 Å². The topological polar surface area (TPSA) is 56.8 Å². The Balaban J connectivity index is 2.93. The molecule has 0 aliphatic heterocycles. The first kappa shape index (κ1) is 14.9. The summed E-state index contributed by atoms with van der Waals surface area (Å²) in [6.45, 7) is 1.73. The first-order valence-corrected chi connectivity index (χ1v) is 5.23. The Morgan fingerprint density at radius 1 is 1.37 bits per heavy atom. The molecule has 0 fully saturated rings. The average Bonchev–Trinajstić information content (AvgIpc) is 2.27. The van der Waals surface area contributed by atoms with E-state index in [1.54, 1.807) is 6.92 Å². The van der Waals surface area contributed by atoms with Crippen molar-refractivity contribution in [2.24, 2.45) is 0 Å². The molecule has 106 valence electrons. The summed E-state index contributed by atoms with van der Waals surface area (Å²) in [4.78, 5) is 11.2. The van der Waals surface area contributed by atoms with Gasteiger partial charge in [-0.25, -0.2) is 4.79 Å². The van der Waals surface area contributed by atoms with Gasteiger partial charge in [0.05, 0.1) is 19.4 Å². The summed E-state index contributed by atoms with van der Waals surface area (Å²) in [6, 6.07) is 3.30. The van der Waals surface area contributed by atoms with E-state index in [0.717, 1.165) is 12.1 Å². The third kappa shape index (κ3) is 4.94. The van der Waals surface area contributed by atoms with Crippen LogP contribution in [0.2, 0.25) is 0 Å². The van der Waals surface area contributed by atoms with Crippen molar-refractivity contribution < 1.29 is 32.2 Å². The number of anilines is 1. The summed E-state index contributed by atoms with van der Waals surface area (Å²) in [6.07, 6.45) is -5.61. The van der Waals surface area contributed by atoms with Crippen LogP contribution in [0.5, 0.6) is 11.5 Å². The molecule has 1 rings (SSSR count). The van der Waals surface area contributed by atoms with Crippen molar-refractivity contribution >= 4 is 11.8 Å². The highest BCUT2D eigenvalue weighted by atomic mass is 19.4. The zero-order valence-corrected chi connectivity index (χ0v) is 10.2. The van der Waals surface area contributed by atoms with Gasteiger partial charge in [0.25, 0.3) is 0 Å². The molecule has 1 aromatic carbocycles. The van der Waals surface area contributed by atoms with Crippen molar-refractivity contribution in [1.29, 1.82) is 0 Å². The summed E-state index contributed by atoms with van der Waals surface area (Å²) in [5, 5.41) is 2.26. The van der Waals surface area contributed by atoms with Gasteiger partial charge in [-0.3, -0.25) is 5.32 Å². The normalized spacial score (nSPS) is 10.8. The van der Waals surface area contributed by atoms with Crippen LogP contribution in [0, 0.1) is 0 Å². The minimum atomic E-state index is -4.81. The van der Waals surface area contributed by atoms with E-state index in [-0.39, 0.29) is 18.0 Å². The molecule has 8 heteroatoms. The predicted octanol–water partition coefficient (Wildman–Crippen LogP) is 3.16. The molecule has 5 nitrogen and oxygen atoms in total. The minimum Gasteiger partial charge on any atom is -0.495 e. The third-order valence-corrected chi connectivity index (χ3v) is 1.92. The fraction of sp³-hybridized carbons (Fsp3) is 0.364. The maximum absolute atomic E-state index is 12.1. The van der Waals surface area contributed by atoms with Crippen molar-refractivity contribution in [1.82, 2.24) is 0 Å². The maximum Gasteiger partial charge on any atom is 0.573 e. The fourth-order valence-electron chi connectivity index (χ4n) is 1.26. The second kappa shape index (κ2) is 6.17. The van der Waals surface area contributed by atoms with Gasteiger partial charge >= 0.3 is 12.5 Å². The fourth-order valence-corrected chi connectivity index (χ4v) is 1.26. The Kier molecular flexibility index (Phi) is 4.85. The molecule has 0 bridgehead atoms. The van der Waals surface area contributed by atoms with E-state index < -0.39 is 18.2 Å². The van der Waals surface area contributed by atoms with E-state index in [4.69, 9.17) is 4.74 Å². The Labute approximate surface area is 107 Å². The second-order valence-electron chi connectivity index (χ2n) is 3.26. The number of benzene rings is 1. The molecule has 1 aromatic rings. The van der Waals surface area contributed by atoms with Crippen LogP contribution < -0.4 is 14.8 Å². The summed E-state index contributed by atoms with van der Waals surface area (Å²) in [5.74, 6) is -0.289. The number of rotatable bonds is 4. The number of nitrogens with one attached hydrogen (secondary N) is 1. The Morgan fingerprint density at radius 3 is 2.58 bits per heavy atom. The molecule has 0 atom stereocenters. The van der Waals surface area contributed by atoms with Crippen molar-refractivity contribution in [3.05, 3.63) is 18.2 Å². The lowest BCUT2D eigenvalue weighted by Gasteiger charge is -2.13. The molecule has 0 radical (unpaired) electrons. The number of amides is 1. The number of methoxy groups -OCH3 is 1. The molecule has 0 aliphatic rings. The largest absolute Gasteiger partial charge is 0.573 e. The number of alkyl halides is 3. The number of halogens is 3. The van der Waals surface area contributed by atoms with Crippen LogP contribution in [-0.2, 0) is 4.74 Å². The van der Waals surface area contributed by atoms with Crippen LogP contribution in [-0.4, -0.2) is 26.2 Å². The molecule has 0 saturated carbocycles. The molecule has 0 aliphatic carbocycles. The van der Waals surface area contributed by atoms with Crippen LogP contribution >= 0.6 is 0 Å². The molecule has 0 saturated heterocycles. The van der Waals surface area contributed by atoms with E-state index in [1.807, 2.05) is 0 Å². The minimum absolute atomic E-state index is 0.0164. The monoisotopic (exact) mass is 279 g/mol. The van der Waals surface area contributed by atoms with Gasteiger partial charge < -0.3 is 14.2 Å². The van der Waals surface area contributed by atoms with Gasteiger partial charge in [-0.05, 0) is 19.1 Å². The number of ether oxygens (including phenoxy) is 3. The second-order valence-corrected chi connectivity index (χ2v) is 3.26. The molecule has 0 unspecified atom stereocenters. The summed E-state index contributed by atoms with van der Waals surface area (Å²) in [5.41, 5.74) is 0.0164. The van der Waals surface area contributed by atoms with Crippen LogP contribution in [0.15, 0.2) is 18.2 Å². The maximum atomic E-state index is 12.1. The highest BCUT2D eigenvalue weighted by molar-refractivity contribution is 5.87. The summed E-state index contributed by atoms with van der Waals surface area (Å²) < 4.78 is 49.5. The van der Waals surface area contributed by atoms with E-state index in [1.165, 1.54) is 13.2 Å². The predicted molar refractivity (Wildman–Crippen MR) is 60.3 cm³/mol. The standard InChI is InChI=1S/C11H12F3NO4/c1-3-18-10(16)15-8-6-7(19-11(12,13)14)4-5-9(8)17-2/h4-6H,3H2,1-2H3,(H,15,16). The highest BCUT2D eigenvalue weighted by Gasteiger charge is 2.31. The number of hydrogen-bond acceptors (Lipinski definition) is 4. The smallest absolute Gasteiger partial charge is 0.495 e. The molecule has 1 N–H and O–H groups in total. The van der Waals surface area contributed by atoms with Crippen molar-refractivity contribution in [3.8, 4) is 11.5 Å². The molecule has 19 heavy (non-hydrogen) atoms. The van der Waals surface area contributed by atoms with Crippen LogP contribution in [0.4, 0.5) is 23.7 Å². The van der Waals surface area contributed by atoms with Gasteiger partial charge in [0, 0.05) is 6.07 Å². The molecule has 0 heterocycles. The summed E-state index contributed by atoms with van der Waals surface area (Å²) >= 11 is 0. The lowest BCUT2D eigenvalue weighted by atomic mass is 10.2. The lowest BCUT2D eigenvalue weighted by Crippen LogP contribution is -2.18. The van der Waals surface area contributed by atoms with E-state index in [0.29, 0.717) is 0 Å². The zero-order valence-electron chi connectivity index (χ0n) is 10.2. The molecular weight excluding hydrogens is 267 g/mol. The first-order chi connectivity index (χ1) is 8.85. The molecule has 0 spiro atoms. The summed E-state index contributed by atoms with van der Waals surface area (Å²) in [7, 11) is 1.32. The van der Waals surface area contributed by atoms with E-state index in [2.05, 4.69) is 14.8 Å². The van der Waals surface area contributed by atoms with E-state index >= 15 is 0 Å². The van der Waals surface area contributed by atoms with E-state index in [9.17, 15) is 18.0 Å². The van der Waals surface area contributed by atoms with Crippen LogP contribution in [0.1, 0.15) is 6.92 Å². The van der Waals surface area contributed by atoms with Crippen LogP contribution in [0.3, 0.4) is 0 Å². The third-order valence-electron chi connectivity index (χ3n) is 1.92. The van der Waals surface area contributed by atoms with Gasteiger partial charge in [-0.15, -0.1) is 13.2 Å². The number of hydrogen-bond donors (Lipinski definition) is 1. The SMILES string of the molecule is CCOC(=O)Nc1cc(OC(F)(F)F)ccc1OC. The van der Waals surface area contributed by atoms with Gasteiger partial charge in [0.2, 0.25) is 0 Å². The van der Waals surface area contributed by atoms with Gasteiger partial charge in [-0.1, -0.05) is 0 Å². The first-order valence-electron chi connectivity index (χ1n) is 5.23. The Bertz CT molecular complexity index is 448. The van der Waals surface area contributed by atoms with Crippen LogP contribution in [0.25, 0.3) is 0 Å². The number of carbonyl (C=O) groups is 1. The van der Waals surface area contributed by atoms with Gasteiger partial charge in [0.15, 0.2) is 0 Å². The lowest BCUT2D eigenvalue weighted by molar-refractivity contribution is -0.274. The molecular formula is C11H12F3NO4. The van der Waals surface area contributed by atoms with Crippen molar-refractivity contribution in [2.75, 3.05) is 19.0 Å². The van der Waals surface area contributed by atoms with Crippen molar-refractivity contribution in [3.63, 3.8) is 0 Å². The Hall–Kier alpha value is -2.12. The van der Waals surface area contributed by atoms with Gasteiger partial charge in [0.1, 0.15) is 11.5 Å². The average molecular weight is 279 g/mol. The zero-order chi connectivity index (χ0) is 14.5. The number of carbonyl (C=O) groups excluding carboxylic acids is 1. The van der Waals surface area contributed by atoms with Crippen molar-refractivity contribution in [2.45, 2.75) is 13.3 Å². The molecule has 1 amide bonds. The molecule has 0 aromatic heterocycles. The quantitative estimate of drug-likeness (QED) is 0.919.